The minimum Gasteiger partial charge on any atom is -0.493 e. The molecule has 0 heterocycles. The van der Waals surface area contributed by atoms with Crippen molar-refractivity contribution in [2.24, 2.45) is 0 Å². The quantitative estimate of drug-likeness (QED) is 0.572. The molecule has 158 valence electrons. The predicted molar refractivity (Wildman–Crippen MR) is 110 cm³/mol. The number of nitrogens with one attached hydrogen (secondary N) is 1. The number of amides is 1. The maximum atomic E-state index is 11.8. The van der Waals surface area contributed by atoms with E-state index in [9.17, 15) is 13.2 Å². The third kappa shape index (κ3) is 6.85. The van der Waals surface area contributed by atoms with Crippen LogP contribution in [0.25, 0.3) is 0 Å². The van der Waals surface area contributed by atoms with Crippen LogP contribution in [0.5, 0.6) is 5.75 Å². The smallest absolute Gasteiger partial charge is 0.294 e. The summed E-state index contributed by atoms with van der Waals surface area (Å²) in [7, 11) is -2.62. The largest absolute Gasteiger partial charge is 0.493 e. The van der Waals surface area contributed by atoms with Crippen LogP contribution in [-0.4, -0.2) is 45.2 Å². The first-order chi connectivity index (χ1) is 13.7. The lowest BCUT2D eigenvalue weighted by molar-refractivity contribution is -0.131. The summed E-state index contributed by atoms with van der Waals surface area (Å²) in [4.78, 5) is 11.8. The summed E-state index contributed by atoms with van der Waals surface area (Å²) in [5, 5.41) is 2.60. The van der Waals surface area contributed by atoms with Crippen LogP contribution in [0.3, 0.4) is 0 Å². The van der Waals surface area contributed by atoms with E-state index >= 15 is 0 Å². The Hall–Kier alpha value is -2.42. The maximum absolute atomic E-state index is 11.8. The number of likely N-dealkylation sites (N-methyl/N-ethyl adjacent to an activating group) is 1. The van der Waals surface area contributed by atoms with Gasteiger partial charge in [-0.2, -0.15) is 8.42 Å². The molecular formula is C21H27NO6S. The van der Waals surface area contributed by atoms with E-state index in [-0.39, 0.29) is 10.8 Å². The van der Waals surface area contributed by atoms with Crippen molar-refractivity contribution in [2.45, 2.75) is 37.7 Å². The number of ether oxygens (including phenoxy) is 2. The van der Waals surface area contributed by atoms with Crippen molar-refractivity contribution in [3.8, 4) is 5.75 Å². The van der Waals surface area contributed by atoms with E-state index in [4.69, 9.17) is 14.0 Å². The van der Waals surface area contributed by atoms with Gasteiger partial charge in [-0.3, -0.25) is 9.35 Å². The maximum Gasteiger partial charge on any atom is 0.294 e. The highest BCUT2D eigenvalue weighted by Gasteiger charge is 2.17. The fourth-order valence-corrected chi connectivity index (χ4v) is 3.67. The van der Waals surface area contributed by atoms with Crippen LogP contribution in [0.2, 0.25) is 0 Å². The molecule has 0 saturated heterocycles. The molecule has 0 unspecified atom stereocenters. The summed E-state index contributed by atoms with van der Waals surface area (Å²) in [6, 6.07) is 12.3. The van der Waals surface area contributed by atoms with Gasteiger partial charge in [-0.15, -0.1) is 0 Å². The average Bonchev–Trinajstić information content (AvgIpc) is 2.67. The van der Waals surface area contributed by atoms with E-state index in [1.807, 2.05) is 31.2 Å². The van der Waals surface area contributed by atoms with Crippen molar-refractivity contribution < 1.29 is 27.2 Å². The van der Waals surface area contributed by atoms with Gasteiger partial charge in [0.05, 0.1) is 11.5 Å². The topological polar surface area (TPSA) is 102 Å². The minimum atomic E-state index is -4.20. The third-order valence-corrected chi connectivity index (χ3v) is 5.44. The SMILES string of the molecule is CCO[C@@H](Cc1ccc(OCCc2ccc(S(=O)(=O)O)c(C)c2)cc1)C(=O)NC. The first-order valence-electron chi connectivity index (χ1n) is 9.36. The highest BCUT2D eigenvalue weighted by molar-refractivity contribution is 7.85. The highest BCUT2D eigenvalue weighted by atomic mass is 32.2. The number of carbonyl (C=O) groups excluding carboxylic acids is 1. The van der Waals surface area contributed by atoms with Gasteiger partial charge in [-0.05, 0) is 48.7 Å². The number of carbonyl (C=O) groups is 1. The lowest BCUT2D eigenvalue weighted by Crippen LogP contribution is -2.35. The molecule has 0 aliphatic rings. The van der Waals surface area contributed by atoms with Gasteiger partial charge in [0.2, 0.25) is 5.91 Å². The fraction of sp³-hybridized carbons (Fsp3) is 0.381. The number of aryl methyl sites for hydroxylation is 1. The van der Waals surface area contributed by atoms with E-state index in [1.54, 1.807) is 26.1 Å². The molecule has 0 aliphatic heterocycles. The second kappa shape index (κ2) is 10.4. The van der Waals surface area contributed by atoms with E-state index in [0.29, 0.717) is 37.4 Å². The van der Waals surface area contributed by atoms with Crippen LogP contribution in [-0.2, 0) is 32.5 Å². The molecule has 0 spiro atoms. The second-order valence-electron chi connectivity index (χ2n) is 6.58. The van der Waals surface area contributed by atoms with Crippen molar-refractivity contribution in [1.29, 1.82) is 0 Å². The average molecular weight is 422 g/mol. The molecule has 2 aromatic carbocycles. The van der Waals surface area contributed by atoms with Crippen LogP contribution < -0.4 is 10.1 Å². The Bertz CT molecular complexity index is 925. The Morgan fingerprint density at radius 3 is 2.34 bits per heavy atom. The Labute approximate surface area is 171 Å². The van der Waals surface area contributed by atoms with Crippen molar-refractivity contribution in [1.82, 2.24) is 5.32 Å². The molecule has 0 aromatic heterocycles. The van der Waals surface area contributed by atoms with Crippen LogP contribution >= 0.6 is 0 Å². The molecule has 2 N–H and O–H groups in total. The third-order valence-electron chi connectivity index (χ3n) is 4.43. The van der Waals surface area contributed by atoms with E-state index in [2.05, 4.69) is 5.32 Å². The van der Waals surface area contributed by atoms with Gasteiger partial charge in [0, 0.05) is 26.5 Å². The molecule has 0 aliphatic carbocycles. The van der Waals surface area contributed by atoms with Gasteiger partial charge in [0.15, 0.2) is 0 Å². The molecule has 0 saturated carbocycles. The van der Waals surface area contributed by atoms with E-state index in [0.717, 1.165) is 11.1 Å². The molecule has 1 atom stereocenters. The first-order valence-corrected chi connectivity index (χ1v) is 10.8. The molecular weight excluding hydrogens is 394 g/mol. The molecule has 0 fully saturated rings. The van der Waals surface area contributed by atoms with E-state index in [1.165, 1.54) is 6.07 Å². The summed E-state index contributed by atoms with van der Waals surface area (Å²) >= 11 is 0. The summed E-state index contributed by atoms with van der Waals surface area (Å²) in [6.45, 7) is 4.37. The Kier molecular flexibility index (Phi) is 8.19. The molecule has 1 amide bonds. The lowest BCUT2D eigenvalue weighted by Gasteiger charge is -2.15. The Morgan fingerprint density at radius 2 is 1.79 bits per heavy atom. The van der Waals surface area contributed by atoms with Crippen LogP contribution in [0.15, 0.2) is 47.4 Å². The molecule has 29 heavy (non-hydrogen) atoms. The summed E-state index contributed by atoms with van der Waals surface area (Å²) in [5.41, 5.74) is 2.38. The lowest BCUT2D eigenvalue weighted by atomic mass is 10.1. The standard InChI is InChI=1S/C21H27NO6S/c1-4-27-19(21(23)22-3)14-16-5-8-18(9-6-16)28-12-11-17-7-10-20(15(2)13-17)29(24,25)26/h5-10,13,19H,4,11-12,14H2,1-3H3,(H,22,23)(H,24,25,26)/t19-/m0/s1. The molecule has 2 aromatic rings. The monoisotopic (exact) mass is 421 g/mol. The fourth-order valence-electron chi connectivity index (χ4n) is 2.97. The molecule has 2 rings (SSSR count). The van der Waals surface area contributed by atoms with Gasteiger partial charge in [0.25, 0.3) is 10.1 Å². The number of benzene rings is 2. The Balaban J connectivity index is 1.90. The zero-order valence-corrected chi connectivity index (χ0v) is 17.7. The molecule has 7 nitrogen and oxygen atoms in total. The zero-order valence-electron chi connectivity index (χ0n) is 16.8. The zero-order chi connectivity index (χ0) is 21.4. The molecule has 0 bridgehead atoms. The van der Waals surface area contributed by atoms with Crippen molar-refractivity contribution in [3.05, 3.63) is 59.2 Å². The van der Waals surface area contributed by atoms with Crippen LogP contribution in [0.1, 0.15) is 23.6 Å². The van der Waals surface area contributed by atoms with Crippen molar-refractivity contribution in [3.63, 3.8) is 0 Å². The summed E-state index contributed by atoms with van der Waals surface area (Å²) in [6.07, 6.45) is 0.552. The normalized spacial score (nSPS) is 12.4. The summed E-state index contributed by atoms with van der Waals surface area (Å²) < 4.78 is 42.9. The molecule has 8 heteroatoms. The molecule has 0 radical (unpaired) electrons. The predicted octanol–water partition coefficient (Wildman–Crippen LogP) is 2.56. The van der Waals surface area contributed by atoms with Gasteiger partial charge in [-0.25, -0.2) is 0 Å². The minimum absolute atomic E-state index is 0.0835. The van der Waals surface area contributed by atoms with Gasteiger partial charge >= 0.3 is 0 Å². The van der Waals surface area contributed by atoms with Gasteiger partial charge < -0.3 is 14.8 Å². The second-order valence-corrected chi connectivity index (χ2v) is 7.97. The first kappa shape index (κ1) is 22.9. The van der Waals surface area contributed by atoms with Crippen LogP contribution in [0.4, 0.5) is 0 Å². The van der Waals surface area contributed by atoms with Gasteiger partial charge in [-0.1, -0.05) is 24.3 Å². The van der Waals surface area contributed by atoms with E-state index < -0.39 is 16.2 Å². The van der Waals surface area contributed by atoms with Crippen LogP contribution in [0, 0.1) is 6.92 Å². The highest BCUT2D eigenvalue weighted by Crippen LogP contribution is 2.18. The Morgan fingerprint density at radius 1 is 1.14 bits per heavy atom. The number of hydrogen-bond donors (Lipinski definition) is 2. The summed E-state index contributed by atoms with van der Waals surface area (Å²) in [5.74, 6) is 0.551. The van der Waals surface area contributed by atoms with Crippen molar-refractivity contribution in [2.75, 3.05) is 20.3 Å². The number of rotatable bonds is 10. The van der Waals surface area contributed by atoms with Gasteiger partial charge in [0.1, 0.15) is 11.9 Å². The van der Waals surface area contributed by atoms with Crippen molar-refractivity contribution >= 4 is 16.0 Å². The number of hydrogen-bond acceptors (Lipinski definition) is 5.